The molecule has 0 amide bonds. The molecule has 0 aliphatic carbocycles. The molecule has 7 heteroatoms. The highest BCUT2D eigenvalue weighted by atomic mass is 35.7. The highest BCUT2D eigenvalue weighted by molar-refractivity contribution is 5.87. The first-order valence-corrected chi connectivity index (χ1v) is 4.48. The smallest absolute Gasteiger partial charge is 0.335 e. The second-order valence-corrected chi connectivity index (χ2v) is 2.86. The van der Waals surface area contributed by atoms with Crippen molar-refractivity contribution in [2.45, 2.75) is 0 Å². The Kier molecular flexibility index (Phi) is 5.06. The molecular formula is C7H7ClO6. The van der Waals surface area contributed by atoms with E-state index in [-0.39, 0.29) is 0 Å². The van der Waals surface area contributed by atoms with E-state index in [9.17, 15) is 4.79 Å². The molecule has 1 rings (SSSR count). The zero-order chi connectivity index (χ0) is 11.2. The summed E-state index contributed by atoms with van der Waals surface area (Å²) in [6.45, 7) is 0. The zero-order valence-electron chi connectivity index (χ0n) is 6.79. The van der Waals surface area contributed by atoms with Crippen LogP contribution < -0.4 is 14.0 Å². The van der Waals surface area contributed by atoms with Gasteiger partial charge < -0.3 is 5.11 Å². The van der Waals surface area contributed by atoms with Crippen molar-refractivity contribution in [2.75, 3.05) is 0 Å². The molecule has 0 saturated carbocycles. The summed E-state index contributed by atoms with van der Waals surface area (Å²) in [7, 11) is -4.69. The van der Waals surface area contributed by atoms with Gasteiger partial charge in [0.05, 0.1) is 20.5 Å². The quantitative estimate of drug-likeness (QED) is 0.531. The lowest BCUT2D eigenvalue weighted by Crippen LogP contribution is -2.58. The molecule has 0 bridgehead atoms. The Hall–Kier alpha value is -1.18. The summed E-state index contributed by atoms with van der Waals surface area (Å²) in [6.07, 6.45) is 0. The molecule has 1 aromatic rings. The van der Waals surface area contributed by atoms with E-state index < -0.39 is 16.2 Å². The number of rotatable bonds is 1. The predicted molar refractivity (Wildman–Crippen MR) is 35.6 cm³/mol. The normalized spacial score (nSPS) is 10.0. The number of hydrogen-bond donors (Lipinski definition) is 2. The molecule has 0 atom stereocenters. The Morgan fingerprint density at radius 1 is 1.14 bits per heavy atom. The maximum atomic E-state index is 10.2. The lowest BCUT2D eigenvalue weighted by atomic mass is 10.2. The minimum Gasteiger partial charge on any atom is -0.478 e. The van der Waals surface area contributed by atoms with Gasteiger partial charge in [0.2, 0.25) is 0 Å². The second kappa shape index (κ2) is 5.53. The van der Waals surface area contributed by atoms with E-state index in [1.165, 1.54) is 0 Å². The third-order valence-electron chi connectivity index (χ3n) is 1.02. The van der Waals surface area contributed by atoms with Gasteiger partial charge in [-0.05, 0) is 12.1 Å². The maximum absolute atomic E-state index is 10.2. The number of carbonyl (C=O) groups is 1. The summed E-state index contributed by atoms with van der Waals surface area (Å²) < 4.78 is 32.7. The molecule has 0 fully saturated rings. The average Bonchev–Trinajstić information content (AvgIpc) is 2.03. The standard InChI is InChI=1S/C7H6O2.ClHO4/c8-7(9)6-4-2-1-3-5-6;2-1(3,4)5/h1-5H,(H,8,9);(H,2,3,4,5). The molecule has 0 heterocycles. The monoisotopic (exact) mass is 222 g/mol. The first-order chi connectivity index (χ1) is 6.30. The lowest BCUT2D eigenvalue weighted by molar-refractivity contribution is -1.92. The Morgan fingerprint density at radius 3 is 1.71 bits per heavy atom. The first-order valence-electron chi connectivity index (χ1n) is 3.22. The van der Waals surface area contributed by atoms with Crippen molar-refractivity contribution in [3.63, 3.8) is 0 Å². The topological polar surface area (TPSA) is 127 Å². The van der Waals surface area contributed by atoms with Crippen LogP contribution in [0.5, 0.6) is 0 Å². The number of carboxylic acid groups (broad SMARTS) is 1. The van der Waals surface area contributed by atoms with Gasteiger partial charge in [0.25, 0.3) is 0 Å². The number of halogens is 1. The highest BCUT2D eigenvalue weighted by Crippen LogP contribution is 1.96. The maximum Gasteiger partial charge on any atom is 0.335 e. The number of aromatic carboxylic acids is 1. The summed E-state index contributed by atoms with van der Waals surface area (Å²) in [5.74, 6) is -0.879. The summed E-state index contributed by atoms with van der Waals surface area (Å²) in [4.78, 5) is 10.2. The summed E-state index contributed by atoms with van der Waals surface area (Å²) in [5.41, 5.74) is 0.331. The van der Waals surface area contributed by atoms with Gasteiger partial charge in [-0.15, -0.1) is 0 Å². The van der Waals surface area contributed by atoms with Gasteiger partial charge in [0.15, 0.2) is 0 Å². The Bertz CT molecular complexity index is 274. The molecule has 0 unspecified atom stereocenters. The van der Waals surface area contributed by atoms with E-state index in [1.54, 1.807) is 30.3 Å². The summed E-state index contributed by atoms with van der Waals surface area (Å²) >= 11 is 0. The minimum atomic E-state index is -4.69. The van der Waals surface area contributed by atoms with E-state index in [1.807, 2.05) is 0 Å². The van der Waals surface area contributed by atoms with Crippen molar-refractivity contribution in [2.24, 2.45) is 0 Å². The number of carboxylic acids is 1. The van der Waals surface area contributed by atoms with Crippen LogP contribution in [-0.4, -0.2) is 15.7 Å². The van der Waals surface area contributed by atoms with Crippen molar-refractivity contribution in [3.8, 4) is 0 Å². The van der Waals surface area contributed by atoms with Gasteiger partial charge in [-0.3, -0.25) is 0 Å². The van der Waals surface area contributed by atoms with Crippen LogP contribution in [0.4, 0.5) is 0 Å². The Morgan fingerprint density at radius 2 is 1.50 bits per heavy atom. The van der Waals surface area contributed by atoms with Crippen LogP contribution in [0.1, 0.15) is 10.4 Å². The molecule has 6 nitrogen and oxygen atoms in total. The van der Waals surface area contributed by atoms with Crippen LogP contribution in [0.25, 0.3) is 0 Å². The van der Waals surface area contributed by atoms with Crippen LogP contribution in [0, 0.1) is 10.2 Å². The summed E-state index contributed by atoms with van der Waals surface area (Å²) in [5, 5.41) is 8.38. The van der Waals surface area contributed by atoms with Gasteiger partial charge >= 0.3 is 5.97 Å². The largest absolute Gasteiger partial charge is 0.478 e. The van der Waals surface area contributed by atoms with E-state index in [4.69, 9.17) is 23.7 Å². The third-order valence-corrected chi connectivity index (χ3v) is 1.02. The third kappa shape index (κ3) is 8.91. The van der Waals surface area contributed by atoms with Crippen molar-refractivity contribution in [1.82, 2.24) is 0 Å². The molecule has 0 aliphatic heterocycles. The van der Waals surface area contributed by atoms with Crippen molar-refractivity contribution >= 4 is 5.97 Å². The van der Waals surface area contributed by atoms with Crippen LogP contribution in [-0.2, 0) is 0 Å². The molecule has 0 radical (unpaired) electrons. The molecule has 14 heavy (non-hydrogen) atoms. The van der Waals surface area contributed by atoms with Crippen LogP contribution >= 0.6 is 0 Å². The van der Waals surface area contributed by atoms with Gasteiger partial charge in [0, 0.05) is 0 Å². The Balaban J connectivity index is 0.000000292. The SMILES string of the molecule is O=C(O)c1ccccc1.[O-][Cl+3]([O-])([O-])O. The molecule has 0 spiro atoms. The van der Waals surface area contributed by atoms with Gasteiger partial charge in [0.1, 0.15) is 0 Å². The average molecular weight is 223 g/mol. The molecular weight excluding hydrogens is 216 g/mol. The molecule has 0 aliphatic rings. The minimum absolute atomic E-state index is 0.331. The Labute approximate surface area is 81.4 Å². The molecule has 0 saturated heterocycles. The zero-order valence-corrected chi connectivity index (χ0v) is 7.55. The fraction of sp³-hybridized carbons (Fsp3) is 0. The van der Waals surface area contributed by atoms with E-state index in [2.05, 4.69) is 0 Å². The predicted octanol–water partition coefficient (Wildman–Crippen LogP) is -2.74. The van der Waals surface area contributed by atoms with Crippen LogP contribution in [0.3, 0.4) is 0 Å². The highest BCUT2D eigenvalue weighted by Gasteiger charge is 1.98. The van der Waals surface area contributed by atoms with Crippen LogP contribution in [0.15, 0.2) is 30.3 Å². The van der Waals surface area contributed by atoms with Crippen molar-refractivity contribution in [3.05, 3.63) is 35.9 Å². The van der Waals surface area contributed by atoms with E-state index in [0.29, 0.717) is 5.56 Å². The van der Waals surface area contributed by atoms with Gasteiger partial charge in [-0.2, -0.15) is 14.0 Å². The van der Waals surface area contributed by atoms with Gasteiger partial charge in [-0.25, -0.2) is 4.79 Å². The van der Waals surface area contributed by atoms with Crippen molar-refractivity contribution < 1.29 is 38.8 Å². The summed E-state index contributed by atoms with van der Waals surface area (Å²) in [6, 6.07) is 8.30. The van der Waals surface area contributed by atoms with E-state index in [0.717, 1.165) is 0 Å². The fourth-order valence-electron chi connectivity index (χ4n) is 0.581. The van der Waals surface area contributed by atoms with Crippen molar-refractivity contribution in [1.29, 1.82) is 0 Å². The number of benzene rings is 1. The molecule has 1 aromatic carbocycles. The van der Waals surface area contributed by atoms with Crippen LogP contribution in [0.2, 0.25) is 0 Å². The number of hydrogen-bond acceptors (Lipinski definition) is 5. The molecule has 78 valence electrons. The fourth-order valence-corrected chi connectivity index (χ4v) is 0.581. The van der Waals surface area contributed by atoms with Gasteiger partial charge in [-0.1, -0.05) is 18.2 Å². The first kappa shape index (κ1) is 12.8. The van der Waals surface area contributed by atoms with E-state index >= 15 is 0 Å². The molecule has 0 aromatic heterocycles. The lowest BCUT2D eigenvalue weighted by Gasteiger charge is -2.03. The second-order valence-electron chi connectivity index (χ2n) is 2.07. The molecule has 2 N–H and O–H groups in total.